The van der Waals surface area contributed by atoms with E-state index in [0.29, 0.717) is 48.9 Å². The zero-order chi connectivity index (χ0) is 21.7. The van der Waals surface area contributed by atoms with E-state index in [-0.39, 0.29) is 12.5 Å². The average molecular weight is 419 g/mol. The van der Waals surface area contributed by atoms with E-state index in [1.165, 1.54) is 19.2 Å². The number of amides is 1. The maximum atomic E-state index is 12.9. The highest BCUT2D eigenvalue weighted by atomic mass is 19.4. The summed E-state index contributed by atoms with van der Waals surface area (Å²) in [5.41, 5.74) is 0.204. The third-order valence-corrected chi connectivity index (χ3v) is 4.81. The van der Waals surface area contributed by atoms with Gasteiger partial charge in [-0.1, -0.05) is 6.07 Å². The van der Waals surface area contributed by atoms with Crippen LogP contribution in [0.1, 0.15) is 11.1 Å². The van der Waals surface area contributed by atoms with Crippen LogP contribution in [0.25, 0.3) is 0 Å². The number of hydrogen-bond acceptors (Lipinski definition) is 5. The van der Waals surface area contributed by atoms with E-state index in [1.54, 1.807) is 23.1 Å². The number of anilines is 1. The summed E-state index contributed by atoms with van der Waals surface area (Å²) in [6.07, 6.45) is -4.39. The van der Waals surface area contributed by atoms with Crippen LogP contribution in [0.5, 0.6) is 11.5 Å². The van der Waals surface area contributed by atoms with Gasteiger partial charge in [-0.3, -0.25) is 4.79 Å². The first kappa shape index (κ1) is 21.3. The number of alkyl halides is 3. The fourth-order valence-corrected chi connectivity index (χ4v) is 3.18. The van der Waals surface area contributed by atoms with Gasteiger partial charge in [-0.15, -0.1) is 0 Å². The van der Waals surface area contributed by atoms with E-state index in [9.17, 15) is 18.0 Å². The minimum atomic E-state index is -4.39. The van der Waals surface area contributed by atoms with Crippen molar-refractivity contribution >= 4 is 11.6 Å². The smallest absolute Gasteiger partial charge is 0.416 e. The molecule has 0 bridgehead atoms. The fourth-order valence-electron chi connectivity index (χ4n) is 3.18. The Kier molecular flexibility index (Phi) is 6.35. The van der Waals surface area contributed by atoms with Crippen molar-refractivity contribution in [2.24, 2.45) is 0 Å². The Morgan fingerprint density at radius 1 is 1.10 bits per heavy atom. The number of nitrogens with zero attached hydrogens (tertiary/aromatic N) is 3. The van der Waals surface area contributed by atoms with Gasteiger partial charge in [-0.25, -0.2) is 0 Å². The number of piperazine rings is 1. The summed E-state index contributed by atoms with van der Waals surface area (Å²) in [6, 6.07) is 11.8. The summed E-state index contributed by atoms with van der Waals surface area (Å²) in [5, 5.41) is 8.93. The van der Waals surface area contributed by atoms with E-state index in [0.717, 1.165) is 12.1 Å². The molecule has 6 nitrogen and oxygen atoms in total. The first-order valence-corrected chi connectivity index (χ1v) is 9.22. The lowest BCUT2D eigenvalue weighted by Gasteiger charge is -2.36. The van der Waals surface area contributed by atoms with Gasteiger partial charge >= 0.3 is 6.18 Å². The number of nitriles is 1. The van der Waals surface area contributed by atoms with Crippen molar-refractivity contribution in [1.82, 2.24) is 4.90 Å². The number of rotatable bonds is 5. The summed E-state index contributed by atoms with van der Waals surface area (Å²) in [4.78, 5) is 15.9. The van der Waals surface area contributed by atoms with Crippen LogP contribution in [0.15, 0.2) is 42.5 Å². The third kappa shape index (κ3) is 4.95. The van der Waals surface area contributed by atoms with Crippen LogP contribution < -0.4 is 14.4 Å². The molecule has 1 aliphatic heterocycles. The number of methoxy groups -OCH3 is 1. The van der Waals surface area contributed by atoms with Gasteiger partial charge in [0.25, 0.3) is 5.91 Å². The topological polar surface area (TPSA) is 65.8 Å². The van der Waals surface area contributed by atoms with Gasteiger partial charge in [0, 0.05) is 37.9 Å². The molecule has 30 heavy (non-hydrogen) atoms. The summed E-state index contributed by atoms with van der Waals surface area (Å²) in [7, 11) is 1.44. The Labute approximate surface area is 172 Å². The number of carbonyl (C=O) groups is 1. The monoisotopic (exact) mass is 419 g/mol. The van der Waals surface area contributed by atoms with Gasteiger partial charge in [-0.05, 0) is 30.3 Å². The van der Waals surface area contributed by atoms with Gasteiger partial charge in [-0.2, -0.15) is 18.4 Å². The van der Waals surface area contributed by atoms with Crippen molar-refractivity contribution < 1.29 is 27.4 Å². The van der Waals surface area contributed by atoms with Gasteiger partial charge in [0.05, 0.1) is 24.3 Å². The first-order valence-electron chi connectivity index (χ1n) is 9.22. The highest BCUT2D eigenvalue weighted by Gasteiger charge is 2.31. The molecule has 1 fully saturated rings. The van der Waals surface area contributed by atoms with E-state index in [1.807, 2.05) is 11.0 Å². The third-order valence-electron chi connectivity index (χ3n) is 4.81. The lowest BCUT2D eigenvalue weighted by atomic mass is 10.1. The molecule has 0 atom stereocenters. The minimum Gasteiger partial charge on any atom is -0.493 e. The number of ether oxygens (including phenoxy) is 2. The number of halogens is 3. The molecule has 0 spiro atoms. The molecule has 0 N–H and O–H groups in total. The van der Waals surface area contributed by atoms with Crippen LogP contribution in [0.4, 0.5) is 18.9 Å². The molecule has 1 saturated heterocycles. The van der Waals surface area contributed by atoms with Crippen molar-refractivity contribution in [2.45, 2.75) is 6.18 Å². The number of benzene rings is 2. The van der Waals surface area contributed by atoms with Gasteiger partial charge < -0.3 is 19.3 Å². The second kappa shape index (κ2) is 8.95. The molecule has 158 valence electrons. The lowest BCUT2D eigenvalue weighted by Crippen LogP contribution is -2.50. The fraction of sp³-hybridized carbons (Fsp3) is 0.333. The van der Waals surface area contributed by atoms with Gasteiger partial charge in [0.15, 0.2) is 18.1 Å². The molecular weight excluding hydrogens is 399 g/mol. The second-order valence-electron chi connectivity index (χ2n) is 6.68. The number of carbonyl (C=O) groups excluding carboxylic acids is 1. The predicted octanol–water partition coefficient (Wildman–Crippen LogP) is 3.31. The Morgan fingerprint density at radius 2 is 1.83 bits per heavy atom. The van der Waals surface area contributed by atoms with Crippen LogP contribution in [0.3, 0.4) is 0 Å². The highest BCUT2D eigenvalue weighted by molar-refractivity contribution is 5.78. The molecule has 0 saturated carbocycles. The average Bonchev–Trinajstić information content (AvgIpc) is 2.77. The molecule has 1 heterocycles. The predicted molar refractivity (Wildman–Crippen MR) is 103 cm³/mol. The van der Waals surface area contributed by atoms with Crippen LogP contribution in [-0.4, -0.2) is 50.7 Å². The van der Waals surface area contributed by atoms with E-state index in [4.69, 9.17) is 14.7 Å². The van der Waals surface area contributed by atoms with E-state index in [2.05, 4.69) is 0 Å². The van der Waals surface area contributed by atoms with Gasteiger partial charge in [0.1, 0.15) is 0 Å². The molecule has 0 aliphatic carbocycles. The summed E-state index contributed by atoms with van der Waals surface area (Å²) in [6.45, 7) is 1.40. The van der Waals surface area contributed by atoms with Crippen molar-refractivity contribution in [3.8, 4) is 17.6 Å². The molecule has 9 heteroatoms. The van der Waals surface area contributed by atoms with Crippen molar-refractivity contribution in [3.63, 3.8) is 0 Å². The maximum Gasteiger partial charge on any atom is 0.416 e. The molecular formula is C21H20F3N3O3. The Balaban J connectivity index is 1.56. The molecule has 0 aromatic heterocycles. The number of hydrogen-bond donors (Lipinski definition) is 0. The molecule has 0 unspecified atom stereocenters. The Hall–Kier alpha value is -3.41. The maximum absolute atomic E-state index is 12.9. The van der Waals surface area contributed by atoms with Crippen molar-refractivity contribution in [3.05, 3.63) is 53.6 Å². The van der Waals surface area contributed by atoms with Crippen LogP contribution in [-0.2, 0) is 11.0 Å². The van der Waals surface area contributed by atoms with Crippen LogP contribution >= 0.6 is 0 Å². The molecule has 3 rings (SSSR count). The SMILES string of the molecule is COc1cc(C#N)ccc1OCC(=O)N1CCN(c2cccc(C(F)(F)F)c2)CC1. The summed E-state index contributed by atoms with van der Waals surface area (Å²) < 4.78 is 49.5. The van der Waals surface area contributed by atoms with Crippen LogP contribution in [0, 0.1) is 11.3 Å². The van der Waals surface area contributed by atoms with E-state index < -0.39 is 11.7 Å². The summed E-state index contributed by atoms with van der Waals surface area (Å²) >= 11 is 0. The minimum absolute atomic E-state index is 0.203. The Bertz CT molecular complexity index is 948. The molecule has 0 radical (unpaired) electrons. The first-order chi connectivity index (χ1) is 14.3. The standard InChI is InChI=1S/C21H20F3N3O3/c1-29-19-11-15(13-25)5-6-18(19)30-14-20(28)27-9-7-26(8-10-27)17-4-2-3-16(12-17)21(22,23)24/h2-6,11-12H,7-10,14H2,1H3. The van der Waals surface area contributed by atoms with E-state index >= 15 is 0 Å². The van der Waals surface area contributed by atoms with Gasteiger partial charge in [0.2, 0.25) is 0 Å². The quantitative estimate of drug-likeness (QED) is 0.744. The lowest BCUT2D eigenvalue weighted by molar-refractivity contribution is -0.137. The molecule has 2 aromatic rings. The zero-order valence-corrected chi connectivity index (χ0v) is 16.3. The van der Waals surface area contributed by atoms with Crippen molar-refractivity contribution in [1.29, 1.82) is 5.26 Å². The molecule has 1 amide bonds. The Morgan fingerprint density at radius 3 is 2.47 bits per heavy atom. The molecule has 2 aromatic carbocycles. The second-order valence-corrected chi connectivity index (χ2v) is 6.68. The zero-order valence-electron chi connectivity index (χ0n) is 16.3. The largest absolute Gasteiger partial charge is 0.493 e. The summed E-state index contributed by atoms with van der Waals surface area (Å²) in [5.74, 6) is 0.480. The highest BCUT2D eigenvalue weighted by Crippen LogP contribution is 2.32. The van der Waals surface area contributed by atoms with Crippen LogP contribution in [0.2, 0.25) is 0 Å². The van der Waals surface area contributed by atoms with Crippen molar-refractivity contribution in [2.75, 3.05) is 44.8 Å². The normalized spacial score (nSPS) is 14.2. The molecule has 1 aliphatic rings.